The number of benzene rings is 1. The van der Waals surface area contributed by atoms with E-state index in [4.69, 9.17) is 14.6 Å². The first kappa shape index (κ1) is 15.4. The van der Waals surface area contributed by atoms with E-state index < -0.39 is 28.3 Å². The average molecular weight is 283 g/mol. The second-order valence-electron chi connectivity index (χ2n) is 4.81. The van der Waals surface area contributed by atoms with Gasteiger partial charge in [0.2, 0.25) is 5.75 Å². The van der Waals surface area contributed by atoms with E-state index in [1.165, 1.54) is 0 Å². The number of carbonyl (C=O) groups excluding carboxylic acids is 1. The van der Waals surface area contributed by atoms with Crippen molar-refractivity contribution in [1.82, 2.24) is 0 Å². The van der Waals surface area contributed by atoms with Crippen molar-refractivity contribution in [3.8, 4) is 5.75 Å². The van der Waals surface area contributed by atoms with E-state index in [0.29, 0.717) is 0 Å². The Labute approximate surface area is 114 Å². The highest BCUT2D eigenvalue weighted by Crippen LogP contribution is 2.28. The quantitative estimate of drug-likeness (QED) is 0.392. The molecule has 1 N–H and O–H groups in total. The monoisotopic (exact) mass is 283 g/mol. The number of carboxylic acids is 1. The molecule has 0 unspecified atom stereocenters. The smallest absolute Gasteiger partial charge is 0.478 e. The normalized spacial score (nSPS) is 10.8. The van der Waals surface area contributed by atoms with Crippen LogP contribution in [0.5, 0.6) is 5.75 Å². The number of nitro benzene ring substituents is 1. The Bertz CT molecular complexity index is 559. The van der Waals surface area contributed by atoms with Crippen molar-refractivity contribution in [2.75, 3.05) is 0 Å². The third-order valence-corrected chi connectivity index (χ3v) is 1.99. The Morgan fingerprint density at radius 2 is 1.90 bits per heavy atom. The molecule has 0 fully saturated rings. The van der Waals surface area contributed by atoms with E-state index in [0.717, 1.165) is 18.2 Å². The SMILES string of the molecule is CC(C)(C)OC(=O)Oc1ccc(C(=O)O)cc1[N+](=O)[O-]. The molecule has 0 spiro atoms. The summed E-state index contributed by atoms with van der Waals surface area (Å²) < 4.78 is 9.58. The Kier molecular flexibility index (Phi) is 4.28. The molecule has 0 bridgehead atoms. The van der Waals surface area contributed by atoms with E-state index in [2.05, 4.69) is 0 Å². The first-order valence-electron chi connectivity index (χ1n) is 5.53. The Morgan fingerprint density at radius 3 is 2.35 bits per heavy atom. The van der Waals surface area contributed by atoms with Gasteiger partial charge in [-0.05, 0) is 32.9 Å². The van der Waals surface area contributed by atoms with Gasteiger partial charge in [0.05, 0.1) is 10.5 Å². The van der Waals surface area contributed by atoms with Gasteiger partial charge in [0, 0.05) is 6.07 Å². The van der Waals surface area contributed by atoms with Crippen LogP contribution in [0.25, 0.3) is 0 Å². The number of aromatic carboxylic acids is 1. The van der Waals surface area contributed by atoms with Gasteiger partial charge in [0.25, 0.3) is 0 Å². The Balaban J connectivity index is 3.03. The predicted octanol–water partition coefficient (Wildman–Crippen LogP) is 2.61. The van der Waals surface area contributed by atoms with Crippen molar-refractivity contribution in [2.45, 2.75) is 26.4 Å². The summed E-state index contributed by atoms with van der Waals surface area (Å²) >= 11 is 0. The third kappa shape index (κ3) is 4.23. The first-order chi connectivity index (χ1) is 9.10. The minimum Gasteiger partial charge on any atom is -0.478 e. The van der Waals surface area contributed by atoms with Crippen molar-refractivity contribution < 1.29 is 29.1 Å². The maximum Gasteiger partial charge on any atom is 0.514 e. The molecule has 0 aliphatic carbocycles. The van der Waals surface area contributed by atoms with E-state index in [-0.39, 0.29) is 11.3 Å². The van der Waals surface area contributed by atoms with Gasteiger partial charge in [0.15, 0.2) is 0 Å². The standard InChI is InChI=1S/C12H13NO7/c1-12(2,3)20-11(16)19-9-5-4-7(10(14)15)6-8(9)13(17)18/h4-6H,1-3H3,(H,14,15). The fourth-order valence-electron chi connectivity index (χ4n) is 1.24. The minimum atomic E-state index is -1.32. The molecule has 1 aromatic carbocycles. The zero-order valence-corrected chi connectivity index (χ0v) is 11.1. The largest absolute Gasteiger partial charge is 0.514 e. The zero-order chi connectivity index (χ0) is 15.5. The zero-order valence-electron chi connectivity index (χ0n) is 11.1. The molecule has 0 radical (unpaired) electrons. The fourth-order valence-corrected chi connectivity index (χ4v) is 1.24. The number of carboxylic acid groups (broad SMARTS) is 1. The topological polar surface area (TPSA) is 116 Å². The number of rotatable bonds is 3. The van der Waals surface area contributed by atoms with Gasteiger partial charge in [0.1, 0.15) is 5.60 Å². The highest BCUT2D eigenvalue weighted by Gasteiger charge is 2.24. The van der Waals surface area contributed by atoms with E-state index >= 15 is 0 Å². The lowest BCUT2D eigenvalue weighted by atomic mass is 10.2. The Hall–Kier alpha value is -2.64. The summed E-state index contributed by atoms with van der Waals surface area (Å²) in [5.74, 6) is -1.70. The molecule has 1 aromatic rings. The predicted molar refractivity (Wildman–Crippen MR) is 66.9 cm³/mol. The summed E-state index contributed by atoms with van der Waals surface area (Å²) in [6.07, 6.45) is -1.11. The average Bonchev–Trinajstić information content (AvgIpc) is 2.25. The van der Waals surface area contributed by atoms with Crippen molar-refractivity contribution in [3.63, 3.8) is 0 Å². The highest BCUT2D eigenvalue weighted by molar-refractivity contribution is 5.89. The Morgan fingerprint density at radius 1 is 1.30 bits per heavy atom. The molecular weight excluding hydrogens is 270 g/mol. The van der Waals surface area contributed by atoms with E-state index in [1.54, 1.807) is 20.8 Å². The summed E-state index contributed by atoms with van der Waals surface area (Å²) in [4.78, 5) is 32.2. The second-order valence-corrected chi connectivity index (χ2v) is 4.81. The molecule has 0 aliphatic rings. The highest BCUT2D eigenvalue weighted by atomic mass is 16.7. The minimum absolute atomic E-state index is 0.284. The lowest BCUT2D eigenvalue weighted by molar-refractivity contribution is -0.385. The van der Waals surface area contributed by atoms with Gasteiger partial charge in [-0.2, -0.15) is 0 Å². The molecule has 0 saturated heterocycles. The molecule has 0 heterocycles. The van der Waals surface area contributed by atoms with Crippen molar-refractivity contribution in [2.24, 2.45) is 0 Å². The lowest BCUT2D eigenvalue weighted by Gasteiger charge is -2.18. The van der Waals surface area contributed by atoms with Crippen LogP contribution in [0, 0.1) is 10.1 Å². The number of nitro groups is 1. The van der Waals surface area contributed by atoms with Gasteiger partial charge < -0.3 is 14.6 Å². The fraction of sp³-hybridized carbons (Fsp3) is 0.333. The molecule has 8 heteroatoms. The summed E-state index contributed by atoms with van der Waals surface area (Å²) in [7, 11) is 0. The second kappa shape index (κ2) is 5.55. The maximum absolute atomic E-state index is 11.4. The van der Waals surface area contributed by atoms with Crippen molar-refractivity contribution in [1.29, 1.82) is 0 Å². The van der Waals surface area contributed by atoms with Crippen LogP contribution in [-0.2, 0) is 4.74 Å². The number of carbonyl (C=O) groups is 2. The summed E-state index contributed by atoms with van der Waals surface area (Å²) in [6, 6.07) is 2.93. The van der Waals surface area contributed by atoms with Gasteiger partial charge in [-0.1, -0.05) is 0 Å². The van der Waals surface area contributed by atoms with Crippen molar-refractivity contribution >= 4 is 17.8 Å². The molecule has 108 valence electrons. The summed E-state index contributed by atoms with van der Waals surface area (Å²) in [6.45, 7) is 4.82. The van der Waals surface area contributed by atoms with E-state index in [1.807, 2.05) is 0 Å². The lowest BCUT2D eigenvalue weighted by Crippen LogP contribution is -2.26. The number of nitrogens with zero attached hydrogens (tertiary/aromatic N) is 1. The van der Waals surface area contributed by atoms with Crippen LogP contribution in [0.3, 0.4) is 0 Å². The van der Waals surface area contributed by atoms with Gasteiger partial charge in [-0.15, -0.1) is 0 Å². The molecule has 20 heavy (non-hydrogen) atoms. The van der Waals surface area contributed by atoms with Crippen LogP contribution in [0.15, 0.2) is 18.2 Å². The molecule has 0 saturated carbocycles. The van der Waals surface area contributed by atoms with Crippen LogP contribution in [0.2, 0.25) is 0 Å². The molecule has 0 atom stereocenters. The molecule has 8 nitrogen and oxygen atoms in total. The molecule has 0 aromatic heterocycles. The molecule has 0 amide bonds. The molecule has 0 aliphatic heterocycles. The first-order valence-corrected chi connectivity index (χ1v) is 5.53. The number of ether oxygens (including phenoxy) is 2. The van der Waals surface area contributed by atoms with Gasteiger partial charge in [-0.25, -0.2) is 9.59 Å². The maximum atomic E-state index is 11.4. The van der Waals surface area contributed by atoms with Crippen LogP contribution in [0.4, 0.5) is 10.5 Å². The molecular formula is C12H13NO7. The van der Waals surface area contributed by atoms with Crippen LogP contribution < -0.4 is 4.74 Å². The van der Waals surface area contributed by atoms with Gasteiger partial charge in [-0.3, -0.25) is 10.1 Å². The molecule has 1 rings (SSSR count). The summed E-state index contributed by atoms with van der Waals surface area (Å²) in [5, 5.41) is 19.6. The van der Waals surface area contributed by atoms with Gasteiger partial charge >= 0.3 is 17.8 Å². The van der Waals surface area contributed by atoms with Crippen molar-refractivity contribution in [3.05, 3.63) is 33.9 Å². The number of hydrogen-bond donors (Lipinski definition) is 1. The van der Waals surface area contributed by atoms with Crippen LogP contribution in [-0.4, -0.2) is 27.8 Å². The van der Waals surface area contributed by atoms with Crippen LogP contribution in [0.1, 0.15) is 31.1 Å². The third-order valence-electron chi connectivity index (χ3n) is 1.99. The van der Waals surface area contributed by atoms with Crippen LogP contribution >= 0.6 is 0 Å². The number of hydrogen-bond acceptors (Lipinski definition) is 6. The summed E-state index contributed by atoms with van der Waals surface area (Å²) in [5.41, 5.74) is -1.73. The van der Waals surface area contributed by atoms with E-state index in [9.17, 15) is 19.7 Å².